The van der Waals surface area contributed by atoms with Gasteiger partial charge in [-0.05, 0) is 25.9 Å². The van der Waals surface area contributed by atoms with Gasteiger partial charge in [0.1, 0.15) is 0 Å². The minimum atomic E-state index is 0.740. The van der Waals surface area contributed by atoms with E-state index >= 15 is 0 Å². The molecule has 0 amide bonds. The van der Waals surface area contributed by atoms with Crippen LogP contribution in [0, 0.1) is 0 Å². The van der Waals surface area contributed by atoms with Crippen molar-refractivity contribution >= 4 is 0 Å². The van der Waals surface area contributed by atoms with Gasteiger partial charge in [0.05, 0.1) is 6.61 Å². The number of nitrogens with two attached hydrogens (primary N) is 1. The second kappa shape index (κ2) is 8.05. The SMILES string of the molecule is COCCN(CCN)CCN1CCCC1. The van der Waals surface area contributed by atoms with Gasteiger partial charge in [-0.3, -0.25) is 4.90 Å². The molecule has 90 valence electrons. The summed E-state index contributed by atoms with van der Waals surface area (Å²) in [6, 6.07) is 0. The van der Waals surface area contributed by atoms with Crippen molar-refractivity contribution in [1.82, 2.24) is 9.80 Å². The molecule has 1 heterocycles. The molecule has 0 spiro atoms. The van der Waals surface area contributed by atoms with Crippen LogP contribution in [0.1, 0.15) is 12.8 Å². The predicted octanol–water partition coefficient (Wildman–Crippen LogP) is -0.0107. The minimum absolute atomic E-state index is 0.740. The summed E-state index contributed by atoms with van der Waals surface area (Å²) in [7, 11) is 1.75. The summed E-state index contributed by atoms with van der Waals surface area (Å²) < 4.78 is 5.09. The van der Waals surface area contributed by atoms with E-state index in [1.54, 1.807) is 7.11 Å². The van der Waals surface area contributed by atoms with Crippen molar-refractivity contribution in [2.45, 2.75) is 12.8 Å². The molecule has 4 heteroatoms. The fraction of sp³-hybridized carbons (Fsp3) is 1.00. The van der Waals surface area contributed by atoms with Crippen LogP contribution in [0.5, 0.6) is 0 Å². The third kappa shape index (κ3) is 5.47. The molecular weight excluding hydrogens is 190 g/mol. The van der Waals surface area contributed by atoms with E-state index in [0.717, 1.165) is 32.8 Å². The van der Waals surface area contributed by atoms with Gasteiger partial charge in [0.15, 0.2) is 0 Å². The molecule has 1 aliphatic rings. The lowest BCUT2D eigenvalue weighted by Crippen LogP contribution is -2.38. The van der Waals surface area contributed by atoms with Crippen LogP contribution in [-0.2, 0) is 4.74 Å². The van der Waals surface area contributed by atoms with Crippen molar-refractivity contribution in [3.63, 3.8) is 0 Å². The Hall–Kier alpha value is -0.160. The van der Waals surface area contributed by atoms with Crippen molar-refractivity contribution < 1.29 is 4.74 Å². The molecule has 0 aromatic rings. The molecule has 4 nitrogen and oxygen atoms in total. The summed E-state index contributed by atoms with van der Waals surface area (Å²) >= 11 is 0. The van der Waals surface area contributed by atoms with Gasteiger partial charge in [-0.25, -0.2) is 0 Å². The van der Waals surface area contributed by atoms with Gasteiger partial charge in [0, 0.05) is 39.8 Å². The van der Waals surface area contributed by atoms with Crippen LogP contribution in [0.4, 0.5) is 0 Å². The second-order valence-electron chi connectivity index (χ2n) is 4.17. The summed E-state index contributed by atoms with van der Waals surface area (Å²) in [5.41, 5.74) is 5.59. The Morgan fingerprint density at radius 3 is 2.53 bits per heavy atom. The van der Waals surface area contributed by atoms with E-state index in [9.17, 15) is 0 Å². The van der Waals surface area contributed by atoms with E-state index in [0.29, 0.717) is 0 Å². The fourth-order valence-corrected chi connectivity index (χ4v) is 2.03. The number of ether oxygens (including phenoxy) is 1. The predicted molar refractivity (Wildman–Crippen MR) is 63.0 cm³/mol. The van der Waals surface area contributed by atoms with Gasteiger partial charge in [-0.2, -0.15) is 0 Å². The Morgan fingerprint density at radius 2 is 1.93 bits per heavy atom. The first kappa shape index (κ1) is 12.9. The third-order valence-electron chi connectivity index (χ3n) is 2.99. The first-order valence-electron chi connectivity index (χ1n) is 6.00. The molecule has 0 aliphatic carbocycles. The molecule has 0 unspecified atom stereocenters. The van der Waals surface area contributed by atoms with E-state index in [1.807, 2.05) is 0 Å². The summed E-state index contributed by atoms with van der Waals surface area (Å²) in [5.74, 6) is 0. The molecule has 1 fully saturated rings. The van der Waals surface area contributed by atoms with E-state index in [4.69, 9.17) is 10.5 Å². The molecule has 2 N–H and O–H groups in total. The monoisotopic (exact) mass is 215 g/mol. The number of likely N-dealkylation sites (tertiary alicyclic amines) is 1. The highest BCUT2D eigenvalue weighted by atomic mass is 16.5. The number of hydrogen-bond donors (Lipinski definition) is 1. The van der Waals surface area contributed by atoms with Gasteiger partial charge in [0.25, 0.3) is 0 Å². The Labute approximate surface area is 93.4 Å². The van der Waals surface area contributed by atoms with E-state index in [2.05, 4.69) is 9.80 Å². The minimum Gasteiger partial charge on any atom is -0.383 e. The van der Waals surface area contributed by atoms with Crippen molar-refractivity contribution in [2.24, 2.45) is 5.73 Å². The summed E-state index contributed by atoms with van der Waals surface area (Å²) in [6.07, 6.45) is 2.74. The quantitative estimate of drug-likeness (QED) is 0.618. The Kier molecular flexibility index (Phi) is 6.92. The second-order valence-corrected chi connectivity index (χ2v) is 4.17. The third-order valence-corrected chi connectivity index (χ3v) is 2.99. The number of rotatable bonds is 8. The lowest BCUT2D eigenvalue weighted by Gasteiger charge is -2.24. The zero-order valence-corrected chi connectivity index (χ0v) is 9.95. The summed E-state index contributed by atoms with van der Waals surface area (Å²) in [6.45, 7) is 8.40. The Bertz CT molecular complexity index is 149. The average molecular weight is 215 g/mol. The van der Waals surface area contributed by atoms with E-state index < -0.39 is 0 Å². The van der Waals surface area contributed by atoms with Gasteiger partial charge < -0.3 is 15.4 Å². The number of hydrogen-bond acceptors (Lipinski definition) is 4. The lowest BCUT2D eigenvalue weighted by molar-refractivity contribution is 0.141. The van der Waals surface area contributed by atoms with Crippen molar-refractivity contribution in [1.29, 1.82) is 0 Å². The summed E-state index contributed by atoms with van der Waals surface area (Å²) in [5, 5.41) is 0. The van der Waals surface area contributed by atoms with E-state index in [-0.39, 0.29) is 0 Å². The molecule has 0 atom stereocenters. The van der Waals surface area contributed by atoms with Gasteiger partial charge >= 0.3 is 0 Å². The number of methoxy groups -OCH3 is 1. The number of nitrogens with zero attached hydrogens (tertiary/aromatic N) is 2. The molecule has 0 aromatic heterocycles. The molecule has 1 saturated heterocycles. The van der Waals surface area contributed by atoms with Crippen LogP contribution in [0.2, 0.25) is 0 Å². The average Bonchev–Trinajstić information content (AvgIpc) is 2.75. The van der Waals surface area contributed by atoms with Crippen molar-refractivity contribution in [2.75, 3.05) is 59.5 Å². The molecule has 0 bridgehead atoms. The zero-order chi connectivity index (χ0) is 10.9. The Balaban J connectivity index is 2.11. The molecular formula is C11H25N3O. The van der Waals surface area contributed by atoms with E-state index in [1.165, 1.54) is 32.5 Å². The summed E-state index contributed by atoms with van der Waals surface area (Å²) in [4.78, 5) is 4.93. The van der Waals surface area contributed by atoms with Crippen LogP contribution in [0.15, 0.2) is 0 Å². The van der Waals surface area contributed by atoms with Gasteiger partial charge in [0.2, 0.25) is 0 Å². The largest absolute Gasteiger partial charge is 0.383 e. The van der Waals surface area contributed by atoms with Crippen LogP contribution in [-0.4, -0.2) is 69.3 Å². The van der Waals surface area contributed by atoms with Crippen LogP contribution < -0.4 is 5.73 Å². The lowest BCUT2D eigenvalue weighted by atomic mass is 10.4. The normalized spacial score (nSPS) is 17.8. The van der Waals surface area contributed by atoms with Gasteiger partial charge in [-0.15, -0.1) is 0 Å². The maximum atomic E-state index is 5.59. The van der Waals surface area contributed by atoms with Crippen molar-refractivity contribution in [3.8, 4) is 0 Å². The van der Waals surface area contributed by atoms with Crippen molar-refractivity contribution in [3.05, 3.63) is 0 Å². The molecule has 0 radical (unpaired) electrons. The molecule has 1 aliphatic heterocycles. The standard InChI is InChI=1S/C11H25N3O/c1-15-11-10-14(7-4-12)9-8-13-5-2-3-6-13/h2-12H2,1H3. The van der Waals surface area contributed by atoms with Crippen LogP contribution in [0.25, 0.3) is 0 Å². The molecule has 15 heavy (non-hydrogen) atoms. The molecule has 0 aromatic carbocycles. The van der Waals surface area contributed by atoms with Gasteiger partial charge in [-0.1, -0.05) is 0 Å². The smallest absolute Gasteiger partial charge is 0.0589 e. The first-order chi connectivity index (χ1) is 7.36. The maximum absolute atomic E-state index is 5.59. The zero-order valence-electron chi connectivity index (χ0n) is 9.95. The first-order valence-corrected chi connectivity index (χ1v) is 6.00. The highest BCUT2D eigenvalue weighted by Crippen LogP contribution is 2.06. The molecule has 0 saturated carbocycles. The molecule has 1 rings (SSSR count). The highest BCUT2D eigenvalue weighted by molar-refractivity contribution is 4.68. The van der Waals surface area contributed by atoms with Crippen LogP contribution in [0.3, 0.4) is 0 Å². The van der Waals surface area contributed by atoms with Crippen LogP contribution >= 0.6 is 0 Å². The maximum Gasteiger partial charge on any atom is 0.0589 e. The highest BCUT2D eigenvalue weighted by Gasteiger charge is 2.12. The Morgan fingerprint density at radius 1 is 1.20 bits per heavy atom. The topological polar surface area (TPSA) is 41.7 Å². The fourth-order valence-electron chi connectivity index (χ4n) is 2.03.